The summed E-state index contributed by atoms with van der Waals surface area (Å²) < 4.78 is 36.5. The van der Waals surface area contributed by atoms with Gasteiger partial charge >= 0.3 is 18.1 Å². The monoisotopic (exact) mass is 273 g/mol. The highest BCUT2D eigenvalue weighted by Crippen LogP contribution is 2.31. The summed E-state index contributed by atoms with van der Waals surface area (Å²) in [7, 11) is 0. The fourth-order valence-electron chi connectivity index (χ4n) is 1.96. The zero-order valence-electron chi connectivity index (χ0n) is 9.65. The second-order valence-corrected chi connectivity index (χ2v) is 4.34. The van der Waals surface area contributed by atoms with Gasteiger partial charge in [-0.3, -0.25) is 4.79 Å². The maximum atomic E-state index is 12.2. The summed E-state index contributed by atoms with van der Waals surface area (Å²) in [5, 5.41) is 8.82. The van der Waals surface area contributed by atoms with Gasteiger partial charge in [-0.05, 0) is 17.7 Å². The first-order chi connectivity index (χ1) is 8.79. The molecule has 0 saturated carbocycles. The highest BCUT2D eigenvalue weighted by Gasteiger charge is 2.46. The Balaban J connectivity index is 2.03. The van der Waals surface area contributed by atoms with E-state index < -0.39 is 18.1 Å². The lowest BCUT2D eigenvalue weighted by Gasteiger charge is -2.39. The van der Waals surface area contributed by atoms with E-state index >= 15 is 0 Å². The van der Waals surface area contributed by atoms with Crippen LogP contribution in [0.5, 0.6) is 0 Å². The molecule has 1 aliphatic heterocycles. The summed E-state index contributed by atoms with van der Waals surface area (Å²) in [5.74, 6) is -3.19. The van der Waals surface area contributed by atoms with Gasteiger partial charge in [0.1, 0.15) is 0 Å². The van der Waals surface area contributed by atoms with Gasteiger partial charge in [0.05, 0.1) is 5.56 Å². The van der Waals surface area contributed by atoms with E-state index in [1.807, 2.05) is 0 Å². The summed E-state index contributed by atoms with van der Waals surface area (Å²) in [6.07, 6.45) is -4.85. The van der Waals surface area contributed by atoms with Crippen LogP contribution < -0.4 is 0 Å². The van der Waals surface area contributed by atoms with Crippen molar-refractivity contribution in [3.63, 3.8) is 0 Å². The predicted molar refractivity (Wildman–Crippen MR) is 58.8 cm³/mol. The van der Waals surface area contributed by atoms with Crippen LogP contribution in [0.4, 0.5) is 13.2 Å². The molecule has 1 amide bonds. The lowest BCUT2D eigenvalue weighted by Crippen LogP contribution is -2.53. The van der Waals surface area contributed by atoms with Crippen LogP contribution in [-0.2, 0) is 4.79 Å². The number of aromatic carboxylic acids is 1. The van der Waals surface area contributed by atoms with Crippen LogP contribution >= 0.6 is 0 Å². The highest BCUT2D eigenvalue weighted by atomic mass is 19.4. The molecule has 1 aromatic rings. The molecule has 1 aromatic carbocycles. The number of benzene rings is 1. The number of nitrogens with zero attached hydrogens (tertiary/aromatic N) is 1. The molecular weight excluding hydrogens is 263 g/mol. The Morgan fingerprint density at radius 3 is 2.42 bits per heavy atom. The van der Waals surface area contributed by atoms with Gasteiger partial charge in [0, 0.05) is 19.0 Å². The van der Waals surface area contributed by atoms with E-state index in [9.17, 15) is 22.8 Å². The average Bonchev–Trinajstić information content (AvgIpc) is 2.26. The van der Waals surface area contributed by atoms with Crippen molar-refractivity contribution >= 4 is 11.9 Å². The Kier molecular flexibility index (Phi) is 3.21. The lowest BCUT2D eigenvalue weighted by molar-refractivity contribution is -0.189. The molecule has 1 N–H and O–H groups in total. The van der Waals surface area contributed by atoms with Gasteiger partial charge in [0.2, 0.25) is 0 Å². The van der Waals surface area contributed by atoms with E-state index in [4.69, 9.17) is 5.11 Å². The number of hydrogen-bond donors (Lipinski definition) is 1. The van der Waals surface area contributed by atoms with Crippen LogP contribution in [0.2, 0.25) is 0 Å². The van der Waals surface area contributed by atoms with Crippen molar-refractivity contribution in [2.24, 2.45) is 0 Å². The third kappa shape index (κ3) is 2.69. The quantitative estimate of drug-likeness (QED) is 0.895. The summed E-state index contributed by atoms with van der Waals surface area (Å²) >= 11 is 0. The molecule has 1 aliphatic rings. The van der Waals surface area contributed by atoms with E-state index in [2.05, 4.69) is 0 Å². The molecule has 1 saturated heterocycles. The molecular formula is C12H10F3NO3. The molecule has 2 rings (SSSR count). The normalized spacial score (nSPS) is 16.1. The maximum Gasteiger partial charge on any atom is 0.471 e. The number of alkyl halides is 3. The number of carbonyl (C=O) groups excluding carboxylic acids is 1. The first kappa shape index (κ1) is 13.4. The Bertz CT molecular complexity index is 521. The SMILES string of the molecule is O=C(O)c1cccc(C2CN(C(=O)C(F)(F)F)C2)c1. The van der Waals surface area contributed by atoms with Gasteiger partial charge in [-0.15, -0.1) is 0 Å². The van der Waals surface area contributed by atoms with Crippen molar-refractivity contribution in [2.75, 3.05) is 13.1 Å². The molecule has 19 heavy (non-hydrogen) atoms. The molecule has 0 aromatic heterocycles. The zero-order chi connectivity index (χ0) is 14.2. The smallest absolute Gasteiger partial charge is 0.471 e. The first-order valence-electron chi connectivity index (χ1n) is 5.48. The van der Waals surface area contributed by atoms with Gasteiger partial charge in [-0.1, -0.05) is 12.1 Å². The summed E-state index contributed by atoms with van der Waals surface area (Å²) in [5.41, 5.74) is 0.712. The van der Waals surface area contributed by atoms with Crippen LogP contribution in [0.15, 0.2) is 24.3 Å². The topological polar surface area (TPSA) is 57.6 Å². The van der Waals surface area contributed by atoms with E-state index in [1.165, 1.54) is 18.2 Å². The third-order valence-electron chi connectivity index (χ3n) is 3.02. The maximum absolute atomic E-state index is 12.2. The molecule has 0 bridgehead atoms. The van der Waals surface area contributed by atoms with Crippen molar-refractivity contribution in [3.8, 4) is 0 Å². The van der Waals surface area contributed by atoms with Crippen molar-refractivity contribution in [1.29, 1.82) is 0 Å². The minimum atomic E-state index is -4.85. The largest absolute Gasteiger partial charge is 0.478 e. The minimum Gasteiger partial charge on any atom is -0.478 e. The van der Waals surface area contributed by atoms with Crippen molar-refractivity contribution in [3.05, 3.63) is 35.4 Å². The molecule has 0 unspecified atom stereocenters. The molecule has 1 heterocycles. The molecule has 1 fully saturated rings. The van der Waals surface area contributed by atoms with Crippen LogP contribution in [-0.4, -0.2) is 41.1 Å². The fraction of sp³-hybridized carbons (Fsp3) is 0.333. The predicted octanol–water partition coefficient (Wildman–Crippen LogP) is 1.87. The standard InChI is InChI=1S/C12H10F3NO3/c13-12(14,15)11(19)16-5-9(6-16)7-2-1-3-8(4-7)10(17)18/h1-4,9H,5-6H2,(H,17,18). The number of carboxylic acid groups (broad SMARTS) is 1. The highest BCUT2D eigenvalue weighted by molar-refractivity contribution is 5.88. The fourth-order valence-corrected chi connectivity index (χ4v) is 1.96. The van der Waals surface area contributed by atoms with E-state index in [1.54, 1.807) is 6.07 Å². The van der Waals surface area contributed by atoms with Crippen molar-refractivity contribution in [2.45, 2.75) is 12.1 Å². The van der Waals surface area contributed by atoms with Crippen LogP contribution in [0.1, 0.15) is 21.8 Å². The zero-order valence-corrected chi connectivity index (χ0v) is 9.65. The van der Waals surface area contributed by atoms with E-state index in [-0.39, 0.29) is 24.6 Å². The van der Waals surface area contributed by atoms with Crippen LogP contribution in [0, 0.1) is 0 Å². The molecule has 7 heteroatoms. The van der Waals surface area contributed by atoms with Gasteiger partial charge in [-0.2, -0.15) is 13.2 Å². The average molecular weight is 273 g/mol. The van der Waals surface area contributed by atoms with Gasteiger partial charge in [-0.25, -0.2) is 4.79 Å². The number of carboxylic acids is 1. The number of halogens is 3. The number of rotatable bonds is 2. The summed E-state index contributed by atoms with van der Waals surface area (Å²) in [6.45, 7) is -0.0805. The van der Waals surface area contributed by atoms with Crippen molar-refractivity contribution < 1.29 is 27.9 Å². The second kappa shape index (κ2) is 4.56. The van der Waals surface area contributed by atoms with Gasteiger partial charge in [0.15, 0.2) is 0 Å². The summed E-state index contributed by atoms with van der Waals surface area (Å²) in [4.78, 5) is 22.4. The summed E-state index contributed by atoms with van der Waals surface area (Å²) in [6, 6.07) is 6.01. The Morgan fingerprint density at radius 1 is 1.26 bits per heavy atom. The first-order valence-corrected chi connectivity index (χ1v) is 5.48. The number of carbonyl (C=O) groups is 2. The lowest BCUT2D eigenvalue weighted by atomic mass is 9.90. The van der Waals surface area contributed by atoms with Crippen LogP contribution in [0.25, 0.3) is 0 Å². The number of likely N-dealkylation sites (tertiary alicyclic amines) is 1. The minimum absolute atomic E-state index is 0.0403. The molecule has 4 nitrogen and oxygen atoms in total. The number of amides is 1. The van der Waals surface area contributed by atoms with E-state index in [0.717, 1.165) is 0 Å². The molecule has 0 aliphatic carbocycles. The third-order valence-corrected chi connectivity index (χ3v) is 3.02. The van der Waals surface area contributed by atoms with Gasteiger partial charge < -0.3 is 10.0 Å². The number of hydrogen-bond acceptors (Lipinski definition) is 2. The molecule has 0 spiro atoms. The molecule has 0 radical (unpaired) electrons. The molecule has 102 valence electrons. The Labute approximate surface area is 106 Å². The van der Waals surface area contributed by atoms with E-state index in [0.29, 0.717) is 10.5 Å². The molecule has 0 atom stereocenters. The Hall–Kier alpha value is -2.05. The van der Waals surface area contributed by atoms with Gasteiger partial charge in [0.25, 0.3) is 0 Å². The second-order valence-electron chi connectivity index (χ2n) is 4.34. The van der Waals surface area contributed by atoms with Crippen molar-refractivity contribution in [1.82, 2.24) is 4.90 Å². The van der Waals surface area contributed by atoms with Crippen LogP contribution in [0.3, 0.4) is 0 Å². The Morgan fingerprint density at radius 2 is 1.89 bits per heavy atom.